The molecule has 0 aliphatic heterocycles. The van der Waals surface area contributed by atoms with Gasteiger partial charge in [0.15, 0.2) is 0 Å². The third-order valence-electron chi connectivity index (χ3n) is 3.01. The molecule has 0 saturated carbocycles. The Morgan fingerprint density at radius 3 is 3.00 bits per heavy atom. The van der Waals surface area contributed by atoms with Crippen molar-refractivity contribution >= 4 is 22.6 Å². The Hall–Kier alpha value is -2.96. The molecule has 3 aromatic rings. The van der Waals surface area contributed by atoms with Gasteiger partial charge >= 0.3 is 0 Å². The Balaban J connectivity index is 2.15. The Morgan fingerprint density at radius 1 is 1.43 bits per heavy atom. The molecule has 0 spiro atoms. The molecule has 106 valence electrons. The lowest BCUT2D eigenvalue weighted by Gasteiger charge is -2.10. The molecule has 2 heterocycles. The van der Waals surface area contributed by atoms with Crippen LogP contribution < -0.4 is 5.32 Å². The highest BCUT2D eigenvalue weighted by atomic mass is 16.3. The third-order valence-corrected chi connectivity index (χ3v) is 3.01. The van der Waals surface area contributed by atoms with E-state index in [9.17, 15) is 9.90 Å². The van der Waals surface area contributed by atoms with Crippen molar-refractivity contribution in [3.63, 3.8) is 0 Å². The number of amides is 1. The van der Waals surface area contributed by atoms with Gasteiger partial charge in [0.1, 0.15) is 29.7 Å². The van der Waals surface area contributed by atoms with Gasteiger partial charge in [-0.25, -0.2) is 14.6 Å². The van der Waals surface area contributed by atoms with Gasteiger partial charge in [-0.05, 0) is 17.7 Å². The zero-order valence-corrected chi connectivity index (χ0v) is 11.3. The summed E-state index contributed by atoms with van der Waals surface area (Å²) in [7, 11) is 0. The van der Waals surface area contributed by atoms with E-state index in [1.54, 1.807) is 29.2 Å². The Bertz CT molecular complexity index is 798. The van der Waals surface area contributed by atoms with Crippen LogP contribution in [0.1, 0.15) is 12.5 Å². The van der Waals surface area contributed by atoms with Crippen LogP contribution in [-0.4, -0.2) is 30.8 Å². The van der Waals surface area contributed by atoms with Crippen LogP contribution in [0.25, 0.3) is 10.9 Å². The summed E-state index contributed by atoms with van der Waals surface area (Å²) >= 11 is 0. The summed E-state index contributed by atoms with van der Waals surface area (Å²) in [6.07, 6.45) is 3.06. The molecule has 0 unspecified atom stereocenters. The molecule has 0 radical (unpaired) electrons. The van der Waals surface area contributed by atoms with Crippen LogP contribution in [-0.2, 0) is 11.3 Å². The topological polar surface area (TPSA) is 92.9 Å². The van der Waals surface area contributed by atoms with E-state index in [-0.39, 0.29) is 11.7 Å². The number of hydrogen-bond acceptors (Lipinski definition) is 5. The molecule has 0 saturated heterocycles. The van der Waals surface area contributed by atoms with Crippen molar-refractivity contribution in [1.82, 2.24) is 19.7 Å². The highest BCUT2D eigenvalue weighted by molar-refractivity contribution is 5.93. The number of nitrogens with one attached hydrogen (secondary N) is 1. The van der Waals surface area contributed by atoms with Crippen LogP contribution in [0, 0.1) is 0 Å². The summed E-state index contributed by atoms with van der Waals surface area (Å²) in [4.78, 5) is 19.4. The average molecular weight is 283 g/mol. The number of carbonyl (C=O) groups excluding carboxylic acids is 1. The molecule has 21 heavy (non-hydrogen) atoms. The number of rotatable bonds is 3. The smallest absolute Gasteiger partial charge is 0.222 e. The highest BCUT2D eigenvalue weighted by Crippen LogP contribution is 2.28. The number of anilines is 1. The summed E-state index contributed by atoms with van der Waals surface area (Å²) in [6.45, 7) is 1.88. The van der Waals surface area contributed by atoms with Crippen molar-refractivity contribution in [2.75, 3.05) is 5.32 Å². The summed E-state index contributed by atoms with van der Waals surface area (Å²) in [5.74, 6) is 0.245. The van der Waals surface area contributed by atoms with Gasteiger partial charge in [0.2, 0.25) is 5.91 Å². The van der Waals surface area contributed by atoms with E-state index in [1.807, 2.05) is 6.07 Å². The predicted octanol–water partition coefficient (Wildman–Crippen LogP) is 1.54. The number of nitrogens with zero attached hydrogens (tertiary/aromatic N) is 4. The fourth-order valence-corrected chi connectivity index (χ4v) is 2.17. The number of hydrogen-bond donors (Lipinski definition) is 2. The molecular formula is C14H13N5O2. The van der Waals surface area contributed by atoms with Gasteiger partial charge in [-0.1, -0.05) is 12.1 Å². The normalized spacial score (nSPS) is 10.7. The predicted molar refractivity (Wildman–Crippen MR) is 76.8 cm³/mol. The number of fused-ring (bicyclic) bond motifs is 1. The van der Waals surface area contributed by atoms with E-state index in [2.05, 4.69) is 20.4 Å². The van der Waals surface area contributed by atoms with E-state index in [1.165, 1.54) is 13.3 Å². The second-order valence-electron chi connectivity index (χ2n) is 4.61. The van der Waals surface area contributed by atoms with Crippen molar-refractivity contribution in [3.8, 4) is 5.75 Å². The fraction of sp³-hybridized carbons (Fsp3) is 0.143. The van der Waals surface area contributed by atoms with Crippen molar-refractivity contribution in [3.05, 3.63) is 42.5 Å². The van der Waals surface area contributed by atoms with E-state index in [0.717, 1.165) is 10.9 Å². The third kappa shape index (κ3) is 2.66. The molecule has 0 aliphatic carbocycles. The van der Waals surface area contributed by atoms with Gasteiger partial charge in [0.05, 0.1) is 6.54 Å². The minimum atomic E-state index is -0.219. The zero-order chi connectivity index (χ0) is 14.8. The highest BCUT2D eigenvalue weighted by Gasteiger charge is 2.10. The molecule has 1 aromatic carbocycles. The van der Waals surface area contributed by atoms with E-state index < -0.39 is 0 Å². The molecule has 0 fully saturated rings. The van der Waals surface area contributed by atoms with Crippen LogP contribution in [0.5, 0.6) is 5.75 Å². The largest absolute Gasteiger partial charge is 0.506 e. The maximum Gasteiger partial charge on any atom is 0.222 e. The Morgan fingerprint density at radius 2 is 2.29 bits per heavy atom. The number of aromatic nitrogens is 4. The standard InChI is InChI=1S/C14H13N5O2/c1-9(20)17-13-5-10(6-19-8-15-7-16-19)11-3-2-4-12(21)14(11)18-13/h2-5,7-8,21H,6H2,1H3,(H,17,18,20). The van der Waals surface area contributed by atoms with E-state index >= 15 is 0 Å². The maximum absolute atomic E-state index is 11.2. The lowest BCUT2D eigenvalue weighted by atomic mass is 10.1. The second-order valence-corrected chi connectivity index (χ2v) is 4.61. The van der Waals surface area contributed by atoms with Gasteiger partial charge in [0, 0.05) is 12.3 Å². The first-order chi connectivity index (χ1) is 10.1. The van der Waals surface area contributed by atoms with Crippen LogP contribution in [0.3, 0.4) is 0 Å². The van der Waals surface area contributed by atoms with Crippen molar-refractivity contribution in [2.24, 2.45) is 0 Å². The first kappa shape index (κ1) is 13.0. The molecule has 1 amide bonds. The average Bonchev–Trinajstić information content (AvgIpc) is 2.92. The number of aromatic hydroxyl groups is 1. The molecule has 0 bridgehead atoms. The second kappa shape index (κ2) is 5.20. The van der Waals surface area contributed by atoms with Crippen molar-refractivity contribution < 1.29 is 9.90 Å². The first-order valence-electron chi connectivity index (χ1n) is 6.35. The van der Waals surface area contributed by atoms with Crippen molar-refractivity contribution in [2.45, 2.75) is 13.5 Å². The number of carbonyl (C=O) groups is 1. The zero-order valence-electron chi connectivity index (χ0n) is 11.3. The number of para-hydroxylation sites is 1. The van der Waals surface area contributed by atoms with E-state index in [4.69, 9.17) is 0 Å². The maximum atomic E-state index is 11.2. The number of pyridine rings is 1. The summed E-state index contributed by atoms with van der Waals surface area (Å²) < 4.78 is 1.66. The van der Waals surface area contributed by atoms with Crippen LogP contribution in [0.2, 0.25) is 0 Å². The van der Waals surface area contributed by atoms with Gasteiger partial charge in [-0.15, -0.1) is 0 Å². The van der Waals surface area contributed by atoms with Crippen LogP contribution >= 0.6 is 0 Å². The molecule has 7 heteroatoms. The molecule has 2 N–H and O–H groups in total. The van der Waals surface area contributed by atoms with Crippen LogP contribution in [0.4, 0.5) is 5.82 Å². The van der Waals surface area contributed by atoms with E-state index in [0.29, 0.717) is 17.9 Å². The van der Waals surface area contributed by atoms with Gasteiger partial charge < -0.3 is 10.4 Å². The lowest BCUT2D eigenvalue weighted by Crippen LogP contribution is -2.09. The molecule has 0 atom stereocenters. The lowest BCUT2D eigenvalue weighted by molar-refractivity contribution is -0.114. The number of benzene rings is 1. The van der Waals surface area contributed by atoms with Crippen molar-refractivity contribution in [1.29, 1.82) is 0 Å². The minimum absolute atomic E-state index is 0.0690. The SMILES string of the molecule is CC(=O)Nc1cc(Cn2cncn2)c2cccc(O)c2n1. The fourth-order valence-electron chi connectivity index (χ4n) is 2.17. The summed E-state index contributed by atoms with van der Waals surface area (Å²) in [6, 6.07) is 6.95. The monoisotopic (exact) mass is 283 g/mol. The van der Waals surface area contributed by atoms with Gasteiger partial charge in [-0.2, -0.15) is 5.10 Å². The quantitative estimate of drug-likeness (QED) is 0.760. The number of phenolic OH excluding ortho intramolecular Hbond substituents is 1. The Labute approximate surface area is 120 Å². The summed E-state index contributed by atoms with van der Waals surface area (Å²) in [5, 5.41) is 17.5. The first-order valence-corrected chi connectivity index (χ1v) is 6.35. The molecule has 7 nitrogen and oxygen atoms in total. The van der Waals surface area contributed by atoms with Gasteiger partial charge in [0.25, 0.3) is 0 Å². The molecule has 2 aromatic heterocycles. The Kier molecular flexibility index (Phi) is 3.23. The number of phenols is 1. The minimum Gasteiger partial charge on any atom is -0.506 e. The summed E-state index contributed by atoms with van der Waals surface area (Å²) in [5.41, 5.74) is 1.32. The molecule has 0 aliphatic rings. The van der Waals surface area contributed by atoms with Crippen LogP contribution in [0.15, 0.2) is 36.9 Å². The molecular weight excluding hydrogens is 270 g/mol. The van der Waals surface area contributed by atoms with Gasteiger partial charge in [-0.3, -0.25) is 4.79 Å². The molecule has 3 rings (SSSR count).